The summed E-state index contributed by atoms with van der Waals surface area (Å²) in [5.74, 6) is -0.253. The third-order valence-electron chi connectivity index (χ3n) is 4.66. The van der Waals surface area contributed by atoms with Gasteiger partial charge in [0, 0.05) is 6.20 Å². The van der Waals surface area contributed by atoms with Crippen molar-refractivity contribution in [1.29, 1.82) is 0 Å². The van der Waals surface area contributed by atoms with Gasteiger partial charge in [0.15, 0.2) is 0 Å². The quantitative estimate of drug-likeness (QED) is 0.878. The number of rotatable bonds is 4. The molecule has 0 saturated heterocycles. The monoisotopic (exact) mass is 361 g/mol. The van der Waals surface area contributed by atoms with Gasteiger partial charge in [0.1, 0.15) is 5.69 Å². The van der Waals surface area contributed by atoms with Crippen LogP contribution >= 0.6 is 12.4 Å². The number of hydrogen-bond donors (Lipinski definition) is 2. The van der Waals surface area contributed by atoms with E-state index in [9.17, 15) is 9.59 Å². The number of aromatic nitrogens is 1. The minimum Gasteiger partial charge on any atom is -0.320 e. The van der Waals surface area contributed by atoms with Crippen molar-refractivity contribution in [3.63, 3.8) is 0 Å². The molecule has 1 aromatic heterocycles. The largest absolute Gasteiger partial charge is 0.320 e. The van der Waals surface area contributed by atoms with Gasteiger partial charge in [0.25, 0.3) is 5.56 Å². The average molecular weight is 362 g/mol. The molecule has 0 radical (unpaired) electrons. The standard InChI is InChI=1S/C19H23N3O2.ClH/c20-19(11-5-2-6-12-19)18(24)21-16-10-7-13-22(17(16)23)14-15-8-3-1-4-9-15;/h1,3-4,7-10,13H,2,5-6,11-12,14,20H2,(H,21,24);1H. The molecule has 3 rings (SSSR count). The van der Waals surface area contributed by atoms with Crippen LogP contribution in [-0.4, -0.2) is 16.0 Å². The van der Waals surface area contributed by atoms with Gasteiger partial charge in [-0.3, -0.25) is 9.59 Å². The van der Waals surface area contributed by atoms with Crippen molar-refractivity contribution in [2.45, 2.75) is 44.2 Å². The Bertz CT molecular complexity index is 768. The molecular weight excluding hydrogens is 338 g/mol. The van der Waals surface area contributed by atoms with Gasteiger partial charge in [-0.05, 0) is 30.5 Å². The number of amides is 1. The molecule has 2 aromatic rings. The van der Waals surface area contributed by atoms with Gasteiger partial charge in [0.2, 0.25) is 5.91 Å². The first kappa shape index (κ1) is 19.2. The lowest BCUT2D eigenvalue weighted by Gasteiger charge is -2.31. The Balaban J connectivity index is 0.00000225. The second-order valence-corrected chi connectivity index (χ2v) is 6.51. The molecule has 0 unspecified atom stereocenters. The number of anilines is 1. The summed E-state index contributed by atoms with van der Waals surface area (Å²) in [6, 6.07) is 13.1. The van der Waals surface area contributed by atoms with E-state index in [1.807, 2.05) is 30.3 Å². The number of nitrogens with one attached hydrogen (secondary N) is 1. The lowest BCUT2D eigenvalue weighted by Crippen LogP contribution is -2.52. The van der Waals surface area contributed by atoms with E-state index in [0.29, 0.717) is 19.4 Å². The summed E-state index contributed by atoms with van der Waals surface area (Å²) < 4.78 is 1.59. The highest BCUT2D eigenvalue weighted by Crippen LogP contribution is 2.26. The Hall–Kier alpha value is -2.11. The Labute approximate surface area is 153 Å². The second-order valence-electron chi connectivity index (χ2n) is 6.51. The maximum Gasteiger partial charge on any atom is 0.274 e. The summed E-state index contributed by atoms with van der Waals surface area (Å²) in [6.07, 6.45) is 6.09. The van der Waals surface area contributed by atoms with Gasteiger partial charge < -0.3 is 15.6 Å². The summed E-state index contributed by atoms with van der Waals surface area (Å²) in [5.41, 5.74) is 6.49. The van der Waals surface area contributed by atoms with Crippen LogP contribution in [0.5, 0.6) is 0 Å². The molecule has 1 aliphatic rings. The zero-order valence-corrected chi connectivity index (χ0v) is 14.9. The van der Waals surface area contributed by atoms with E-state index in [2.05, 4.69) is 5.32 Å². The van der Waals surface area contributed by atoms with Crippen molar-refractivity contribution in [2.75, 3.05) is 5.32 Å². The number of nitrogens with zero attached hydrogens (tertiary/aromatic N) is 1. The number of benzene rings is 1. The molecule has 1 aromatic carbocycles. The van der Waals surface area contributed by atoms with Gasteiger partial charge >= 0.3 is 0 Å². The zero-order chi connectivity index (χ0) is 17.0. The highest BCUT2D eigenvalue weighted by molar-refractivity contribution is 5.97. The van der Waals surface area contributed by atoms with Crippen LogP contribution in [0.25, 0.3) is 0 Å². The normalized spacial score (nSPS) is 15.9. The van der Waals surface area contributed by atoms with Crippen molar-refractivity contribution < 1.29 is 4.79 Å². The van der Waals surface area contributed by atoms with Crippen molar-refractivity contribution >= 4 is 24.0 Å². The predicted octanol–water partition coefficient (Wildman–Crippen LogP) is 2.92. The van der Waals surface area contributed by atoms with Gasteiger partial charge in [-0.1, -0.05) is 49.6 Å². The minimum atomic E-state index is -0.856. The Morgan fingerprint density at radius 2 is 1.76 bits per heavy atom. The molecule has 1 aliphatic carbocycles. The van der Waals surface area contributed by atoms with Crippen LogP contribution in [0, 0.1) is 0 Å². The molecule has 1 heterocycles. The highest BCUT2D eigenvalue weighted by Gasteiger charge is 2.35. The second kappa shape index (κ2) is 8.32. The fourth-order valence-electron chi connectivity index (χ4n) is 3.19. The number of hydrogen-bond acceptors (Lipinski definition) is 3. The minimum absolute atomic E-state index is 0. The van der Waals surface area contributed by atoms with Crippen molar-refractivity contribution in [2.24, 2.45) is 5.73 Å². The molecule has 134 valence electrons. The third-order valence-corrected chi connectivity index (χ3v) is 4.66. The SMILES string of the molecule is Cl.NC1(C(=O)Nc2cccn(Cc3ccccc3)c2=O)CCCCC1. The lowest BCUT2D eigenvalue weighted by molar-refractivity contribution is -0.122. The summed E-state index contributed by atoms with van der Waals surface area (Å²) in [5, 5.41) is 2.75. The molecule has 0 bridgehead atoms. The molecule has 5 nitrogen and oxygen atoms in total. The summed E-state index contributed by atoms with van der Waals surface area (Å²) in [6.45, 7) is 0.469. The zero-order valence-electron chi connectivity index (χ0n) is 14.1. The Morgan fingerprint density at radius 3 is 2.44 bits per heavy atom. The van der Waals surface area contributed by atoms with Crippen molar-refractivity contribution in [3.05, 3.63) is 64.6 Å². The van der Waals surface area contributed by atoms with Crippen LogP contribution in [0.3, 0.4) is 0 Å². The summed E-state index contributed by atoms with van der Waals surface area (Å²) in [4.78, 5) is 25.1. The molecule has 1 fully saturated rings. The molecule has 3 N–H and O–H groups in total. The maximum absolute atomic E-state index is 12.6. The van der Waals surface area contributed by atoms with Crippen LogP contribution in [0.4, 0.5) is 5.69 Å². The predicted molar refractivity (Wildman–Crippen MR) is 102 cm³/mol. The van der Waals surface area contributed by atoms with Crippen LogP contribution in [0.2, 0.25) is 0 Å². The van der Waals surface area contributed by atoms with Gasteiger partial charge in [-0.25, -0.2) is 0 Å². The van der Waals surface area contributed by atoms with Crippen LogP contribution in [0.1, 0.15) is 37.7 Å². The van der Waals surface area contributed by atoms with Crippen molar-refractivity contribution in [3.8, 4) is 0 Å². The molecule has 1 amide bonds. The third kappa shape index (κ3) is 4.50. The number of carbonyl (C=O) groups is 1. The molecule has 0 atom stereocenters. The highest BCUT2D eigenvalue weighted by atomic mass is 35.5. The molecule has 0 spiro atoms. The average Bonchev–Trinajstić information content (AvgIpc) is 2.60. The van der Waals surface area contributed by atoms with E-state index < -0.39 is 5.54 Å². The molecule has 25 heavy (non-hydrogen) atoms. The number of nitrogens with two attached hydrogens (primary N) is 1. The fraction of sp³-hybridized carbons (Fsp3) is 0.368. The summed E-state index contributed by atoms with van der Waals surface area (Å²) >= 11 is 0. The van der Waals surface area contributed by atoms with Crippen LogP contribution in [-0.2, 0) is 11.3 Å². The number of pyridine rings is 1. The van der Waals surface area contributed by atoms with E-state index in [-0.39, 0.29) is 29.6 Å². The Kier molecular flexibility index (Phi) is 6.39. The smallest absolute Gasteiger partial charge is 0.274 e. The molecular formula is C19H24ClN3O2. The fourth-order valence-corrected chi connectivity index (χ4v) is 3.19. The van der Waals surface area contributed by atoms with E-state index in [1.165, 1.54) is 0 Å². The first-order valence-corrected chi connectivity index (χ1v) is 8.42. The van der Waals surface area contributed by atoms with E-state index >= 15 is 0 Å². The lowest BCUT2D eigenvalue weighted by atomic mass is 9.82. The van der Waals surface area contributed by atoms with Gasteiger partial charge in [0.05, 0.1) is 12.1 Å². The molecule has 1 saturated carbocycles. The Morgan fingerprint density at radius 1 is 1.08 bits per heavy atom. The van der Waals surface area contributed by atoms with Crippen LogP contribution in [0.15, 0.2) is 53.5 Å². The van der Waals surface area contributed by atoms with E-state index in [0.717, 1.165) is 24.8 Å². The number of halogens is 1. The topological polar surface area (TPSA) is 77.1 Å². The maximum atomic E-state index is 12.6. The van der Waals surface area contributed by atoms with Gasteiger partial charge in [-0.15, -0.1) is 12.4 Å². The van der Waals surface area contributed by atoms with E-state index in [1.54, 1.807) is 22.9 Å². The first-order chi connectivity index (χ1) is 11.6. The van der Waals surface area contributed by atoms with Gasteiger partial charge in [-0.2, -0.15) is 0 Å². The first-order valence-electron chi connectivity index (χ1n) is 8.42. The van der Waals surface area contributed by atoms with Crippen molar-refractivity contribution in [1.82, 2.24) is 4.57 Å². The van der Waals surface area contributed by atoms with E-state index in [4.69, 9.17) is 5.73 Å². The summed E-state index contributed by atoms with van der Waals surface area (Å²) in [7, 11) is 0. The molecule has 6 heteroatoms. The number of carbonyl (C=O) groups excluding carboxylic acids is 1. The molecule has 0 aliphatic heterocycles. The van der Waals surface area contributed by atoms with Crippen LogP contribution < -0.4 is 16.6 Å².